The molecule has 7 heteroatoms. The van der Waals surface area contributed by atoms with Crippen molar-refractivity contribution < 1.29 is 28.6 Å². The molecule has 0 fully saturated rings. The summed E-state index contributed by atoms with van der Waals surface area (Å²) in [5.41, 5.74) is 0. The Morgan fingerprint density at radius 1 is 1.09 bits per heavy atom. The Balaban J connectivity index is 2.20. The molecule has 6 nitrogen and oxygen atoms in total. The number of carbonyl (C=O) groups is 3. The Morgan fingerprint density at radius 2 is 1.73 bits per heavy atom. The van der Waals surface area contributed by atoms with Crippen molar-refractivity contribution in [2.45, 2.75) is 12.8 Å². The second-order valence-electron chi connectivity index (χ2n) is 4.06. The Kier molecular flexibility index (Phi) is 7.91. The minimum atomic E-state index is -0.674. The Labute approximate surface area is 136 Å². The number of esters is 3. The fourth-order valence-electron chi connectivity index (χ4n) is 1.33. The number of rotatable bonds is 7. The van der Waals surface area contributed by atoms with Crippen molar-refractivity contribution in [2.24, 2.45) is 0 Å². The lowest BCUT2D eigenvalue weighted by Gasteiger charge is -2.04. The van der Waals surface area contributed by atoms with Gasteiger partial charge < -0.3 is 14.2 Å². The molecule has 0 saturated heterocycles. The number of benzene rings is 1. The molecular weight excluding hydrogens is 356 g/mol. The van der Waals surface area contributed by atoms with E-state index in [1.807, 2.05) is 0 Å². The lowest BCUT2D eigenvalue weighted by atomic mass is 10.3. The largest absolute Gasteiger partial charge is 0.466 e. The molecule has 1 aromatic carbocycles. The molecule has 0 aromatic heterocycles. The van der Waals surface area contributed by atoms with E-state index in [1.54, 1.807) is 24.3 Å². The van der Waals surface area contributed by atoms with Gasteiger partial charge in [-0.15, -0.1) is 0 Å². The summed E-state index contributed by atoms with van der Waals surface area (Å²) in [4.78, 5) is 33.5. The third-order valence-electron chi connectivity index (χ3n) is 2.37. The first-order chi connectivity index (χ1) is 10.5. The van der Waals surface area contributed by atoms with E-state index in [9.17, 15) is 14.4 Å². The summed E-state index contributed by atoms with van der Waals surface area (Å²) < 4.78 is 15.1. The lowest BCUT2D eigenvalue weighted by Crippen LogP contribution is -2.10. The number of hydrogen-bond donors (Lipinski definition) is 0. The molecule has 0 amide bonds. The summed E-state index contributed by atoms with van der Waals surface area (Å²) in [7, 11) is 1.20. The van der Waals surface area contributed by atoms with E-state index in [-0.39, 0.29) is 13.0 Å². The van der Waals surface area contributed by atoms with Crippen molar-refractivity contribution >= 4 is 33.8 Å². The molecule has 1 aromatic rings. The highest BCUT2D eigenvalue weighted by Gasteiger charge is 2.06. The van der Waals surface area contributed by atoms with Crippen molar-refractivity contribution in [1.29, 1.82) is 0 Å². The average molecular weight is 371 g/mol. The Bertz CT molecular complexity index is 550. The Hall–Kier alpha value is -2.15. The lowest BCUT2D eigenvalue weighted by molar-refractivity contribution is -0.140. The number of carbonyl (C=O) groups excluding carboxylic acids is 3. The molecular formula is C15H15BrO6. The Morgan fingerprint density at radius 3 is 2.36 bits per heavy atom. The molecule has 118 valence electrons. The van der Waals surface area contributed by atoms with Crippen molar-refractivity contribution in [3.05, 3.63) is 40.9 Å². The van der Waals surface area contributed by atoms with E-state index in [2.05, 4.69) is 20.7 Å². The van der Waals surface area contributed by atoms with Crippen LogP contribution in [-0.4, -0.2) is 31.6 Å². The summed E-state index contributed by atoms with van der Waals surface area (Å²) in [6, 6.07) is 6.86. The zero-order valence-electron chi connectivity index (χ0n) is 11.9. The number of ether oxygens (including phenoxy) is 3. The maximum absolute atomic E-state index is 11.5. The second-order valence-corrected chi connectivity index (χ2v) is 4.97. The van der Waals surface area contributed by atoms with Crippen LogP contribution < -0.4 is 4.74 Å². The summed E-state index contributed by atoms with van der Waals surface area (Å²) in [5.74, 6) is -1.28. The van der Waals surface area contributed by atoms with Crippen LogP contribution >= 0.6 is 15.9 Å². The van der Waals surface area contributed by atoms with Gasteiger partial charge in [-0.3, -0.25) is 4.79 Å². The van der Waals surface area contributed by atoms with Gasteiger partial charge in [0.05, 0.1) is 13.7 Å². The molecule has 0 atom stereocenters. The minimum absolute atomic E-state index is 0.0553. The van der Waals surface area contributed by atoms with Crippen LogP contribution in [0.5, 0.6) is 5.75 Å². The maximum atomic E-state index is 11.5. The molecule has 0 spiro atoms. The van der Waals surface area contributed by atoms with Crippen LogP contribution in [0.3, 0.4) is 0 Å². The van der Waals surface area contributed by atoms with E-state index in [0.29, 0.717) is 12.2 Å². The van der Waals surface area contributed by atoms with E-state index >= 15 is 0 Å². The van der Waals surface area contributed by atoms with Gasteiger partial charge in [0.2, 0.25) is 0 Å². The van der Waals surface area contributed by atoms with Crippen LogP contribution in [0.15, 0.2) is 40.9 Å². The van der Waals surface area contributed by atoms with Gasteiger partial charge in [-0.2, -0.15) is 0 Å². The topological polar surface area (TPSA) is 78.9 Å². The summed E-state index contributed by atoms with van der Waals surface area (Å²) in [6.07, 6.45) is 2.37. The number of methoxy groups -OCH3 is 1. The second kappa shape index (κ2) is 9.73. The van der Waals surface area contributed by atoms with E-state index < -0.39 is 17.9 Å². The average Bonchev–Trinajstić information content (AvgIpc) is 2.51. The maximum Gasteiger partial charge on any atom is 0.331 e. The van der Waals surface area contributed by atoms with Gasteiger partial charge in [-0.25, -0.2) is 9.59 Å². The van der Waals surface area contributed by atoms with Gasteiger partial charge in [0, 0.05) is 23.0 Å². The first kappa shape index (κ1) is 17.9. The molecule has 1 rings (SSSR count). The van der Waals surface area contributed by atoms with Crippen molar-refractivity contribution in [1.82, 2.24) is 0 Å². The predicted molar refractivity (Wildman–Crippen MR) is 81.1 cm³/mol. The van der Waals surface area contributed by atoms with Crippen molar-refractivity contribution in [2.75, 3.05) is 13.7 Å². The molecule has 0 aliphatic carbocycles. The van der Waals surface area contributed by atoms with Crippen LogP contribution in [0.25, 0.3) is 0 Å². The zero-order valence-corrected chi connectivity index (χ0v) is 13.5. The molecule has 0 N–H and O–H groups in total. The van der Waals surface area contributed by atoms with Gasteiger partial charge in [0.25, 0.3) is 0 Å². The van der Waals surface area contributed by atoms with Gasteiger partial charge >= 0.3 is 17.9 Å². The van der Waals surface area contributed by atoms with Crippen LogP contribution in [-0.2, 0) is 23.9 Å². The highest BCUT2D eigenvalue weighted by atomic mass is 79.9. The third kappa shape index (κ3) is 7.58. The molecule has 0 radical (unpaired) electrons. The van der Waals surface area contributed by atoms with Gasteiger partial charge in [-0.05, 0) is 30.7 Å². The van der Waals surface area contributed by atoms with Gasteiger partial charge in [0.1, 0.15) is 5.75 Å². The fourth-order valence-corrected chi connectivity index (χ4v) is 1.59. The fraction of sp³-hybridized carbons (Fsp3) is 0.267. The predicted octanol–water partition coefficient (Wildman–Crippen LogP) is 2.41. The monoisotopic (exact) mass is 370 g/mol. The highest BCUT2D eigenvalue weighted by molar-refractivity contribution is 9.10. The van der Waals surface area contributed by atoms with E-state index in [1.165, 1.54) is 7.11 Å². The summed E-state index contributed by atoms with van der Waals surface area (Å²) in [5, 5.41) is 0. The third-order valence-corrected chi connectivity index (χ3v) is 2.90. The minimum Gasteiger partial charge on any atom is -0.466 e. The first-order valence-corrected chi connectivity index (χ1v) is 7.19. The van der Waals surface area contributed by atoms with Gasteiger partial charge in [0.15, 0.2) is 0 Å². The number of halogens is 1. The molecule has 0 heterocycles. The smallest absolute Gasteiger partial charge is 0.331 e. The standard InChI is InChI=1S/C15H15BrO6/c1-20-13(17)8-9-14(18)21-10-2-3-15(19)22-12-6-4-11(16)5-7-12/h4-9H,2-3,10H2,1H3/b9-8-. The van der Waals surface area contributed by atoms with E-state index in [0.717, 1.165) is 16.6 Å². The van der Waals surface area contributed by atoms with Crippen LogP contribution in [0.1, 0.15) is 12.8 Å². The molecule has 0 saturated carbocycles. The van der Waals surface area contributed by atoms with Crippen LogP contribution in [0.2, 0.25) is 0 Å². The normalized spacial score (nSPS) is 10.3. The van der Waals surface area contributed by atoms with Crippen molar-refractivity contribution in [3.63, 3.8) is 0 Å². The van der Waals surface area contributed by atoms with Crippen molar-refractivity contribution in [3.8, 4) is 5.75 Å². The molecule has 0 aliphatic heterocycles. The molecule has 22 heavy (non-hydrogen) atoms. The quantitative estimate of drug-likeness (QED) is 0.317. The first-order valence-electron chi connectivity index (χ1n) is 6.40. The van der Waals surface area contributed by atoms with E-state index in [4.69, 9.17) is 9.47 Å². The molecule has 0 unspecified atom stereocenters. The van der Waals surface area contributed by atoms with Gasteiger partial charge in [-0.1, -0.05) is 15.9 Å². The summed E-state index contributed by atoms with van der Waals surface area (Å²) >= 11 is 3.28. The highest BCUT2D eigenvalue weighted by Crippen LogP contribution is 2.16. The van der Waals surface area contributed by atoms with Crippen LogP contribution in [0, 0.1) is 0 Å². The SMILES string of the molecule is COC(=O)/C=C\C(=O)OCCCC(=O)Oc1ccc(Br)cc1. The zero-order chi connectivity index (χ0) is 16.4. The number of hydrogen-bond acceptors (Lipinski definition) is 6. The molecule has 0 aliphatic rings. The van der Waals surface area contributed by atoms with Crippen LogP contribution in [0.4, 0.5) is 0 Å². The summed E-state index contributed by atoms with van der Waals surface area (Å²) in [6.45, 7) is 0.0553. The molecule has 0 bridgehead atoms.